The van der Waals surface area contributed by atoms with Crippen LogP contribution in [-0.2, 0) is 11.2 Å². The molecule has 74 valence electrons. The van der Waals surface area contributed by atoms with E-state index < -0.39 is 0 Å². The lowest BCUT2D eigenvalue weighted by Gasteiger charge is -2.30. The van der Waals surface area contributed by atoms with Crippen LogP contribution >= 0.6 is 0 Å². The van der Waals surface area contributed by atoms with Gasteiger partial charge < -0.3 is 4.90 Å². The summed E-state index contributed by atoms with van der Waals surface area (Å²) in [6.07, 6.45) is 1.83. The number of nitrogens with zero attached hydrogens (tertiary/aromatic N) is 1. The van der Waals surface area contributed by atoms with E-state index in [-0.39, 0.29) is 11.8 Å². The van der Waals surface area contributed by atoms with E-state index in [0.717, 1.165) is 18.5 Å². The topological polar surface area (TPSA) is 20.3 Å². The predicted molar refractivity (Wildman–Crippen MR) is 57.3 cm³/mol. The zero-order valence-corrected chi connectivity index (χ0v) is 8.66. The minimum Gasteiger partial charge on any atom is -0.315 e. The number of fused-ring (bicyclic) bond motifs is 1. The molecule has 0 unspecified atom stereocenters. The quantitative estimate of drug-likeness (QED) is 0.663. The number of hydrogen-bond acceptors (Lipinski definition) is 1. The maximum Gasteiger partial charge on any atom is 0.230 e. The van der Waals surface area contributed by atoms with Gasteiger partial charge in [0, 0.05) is 18.7 Å². The van der Waals surface area contributed by atoms with Gasteiger partial charge in [-0.25, -0.2) is 0 Å². The first kappa shape index (κ1) is 9.25. The number of carbonyl (C=O) groups excluding carboxylic acids is 1. The van der Waals surface area contributed by atoms with Crippen molar-refractivity contribution in [3.8, 4) is 0 Å². The first-order valence-electron chi connectivity index (χ1n) is 5.09. The molecule has 0 radical (unpaired) electrons. The van der Waals surface area contributed by atoms with Crippen LogP contribution in [0.5, 0.6) is 0 Å². The first-order chi connectivity index (χ1) is 6.74. The fourth-order valence-electron chi connectivity index (χ4n) is 2.07. The smallest absolute Gasteiger partial charge is 0.230 e. The maximum absolute atomic E-state index is 11.8. The van der Waals surface area contributed by atoms with Gasteiger partial charge in [0.05, 0.1) is 0 Å². The highest BCUT2D eigenvalue weighted by atomic mass is 16.2. The molecule has 0 saturated carbocycles. The summed E-state index contributed by atoms with van der Waals surface area (Å²) in [6, 6.07) is 8.14. The molecule has 1 aliphatic rings. The van der Waals surface area contributed by atoms with Crippen molar-refractivity contribution >= 4 is 11.6 Å². The third-order valence-electron chi connectivity index (χ3n) is 2.99. The van der Waals surface area contributed by atoms with Crippen molar-refractivity contribution in [2.45, 2.75) is 19.8 Å². The van der Waals surface area contributed by atoms with Gasteiger partial charge >= 0.3 is 0 Å². The molecule has 0 fully saturated rings. The molecular weight excluding hydrogens is 174 g/mol. The van der Waals surface area contributed by atoms with E-state index in [9.17, 15) is 4.79 Å². The Hall–Kier alpha value is -1.31. The fourth-order valence-corrected chi connectivity index (χ4v) is 2.07. The van der Waals surface area contributed by atoms with E-state index in [0.29, 0.717) is 0 Å². The molecule has 0 saturated heterocycles. The SMILES string of the molecule is CC[C@@H]1Cc2ccccc2N(C)C1=O. The monoisotopic (exact) mass is 189 g/mol. The van der Waals surface area contributed by atoms with Gasteiger partial charge in [0.1, 0.15) is 0 Å². The lowest BCUT2D eigenvalue weighted by Crippen LogP contribution is -2.38. The van der Waals surface area contributed by atoms with Gasteiger partial charge in [-0.15, -0.1) is 0 Å². The van der Waals surface area contributed by atoms with E-state index in [1.807, 2.05) is 25.2 Å². The number of benzene rings is 1. The van der Waals surface area contributed by atoms with Gasteiger partial charge in [0.2, 0.25) is 5.91 Å². The minimum absolute atomic E-state index is 0.176. The summed E-state index contributed by atoms with van der Waals surface area (Å²) in [5.41, 5.74) is 2.36. The molecule has 1 aromatic rings. The molecule has 1 aliphatic heterocycles. The maximum atomic E-state index is 11.8. The van der Waals surface area contributed by atoms with Crippen molar-refractivity contribution in [2.24, 2.45) is 5.92 Å². The molecule has 1 atom stereocenters. The Bertz CT molecular complexity index is 359. The van der Waals surface area contributed by atoms with Crippen LogP contribution in [0.2, 0.25) is 0 Å². The van der Waals surface area contributed by atoms with Crippen LogP contribution in [0.3, 0.4) is 0 Å². The Balaban J connectivity index is 2.42. The van der Waals surface area contributed by atoms with E-state index in [4.69, 9.17) is 0 Å². The number of amides is 1. The second-order valence-electron chi connectivity index (χ2n) is 3.84. The third-order valence-corrected chi connectivity index (χ3v) is 2.99. The molecule has 0 bridgehead atoms. The van der Waals surface area contributed by atoms with Crippen LogP contribution in [0, 0.1) is 5.92 Å². The third kappa shape index (κ3) is 1.31. The van der Waals surface area contributed by atoms with Gasteiger partial charge in [-0.05, 0) is 24.5 Å². The molecule has 0 aliphatic carbocycles. The Morgan fingerprint density at radius 3 is 2.86 bits per heavy atom. The summed E-state index contributed by atoms with van der Waals surface area (Å²) < 4.78 is 0. The Kier molecular flexibility index (Phi) is 2.28. The highest BCUT2D eigenvalue weighted by molar-refractivity contribution is 5.97. The van der Waals surface area contributed by atoms with E-state index >= 15 is 0 Å². The molecule has 0 aromatic heterocycles. The molecule has 0 spiro atoms. The van der Waals surface area contributed by atoms with E-state index in [2.05, 4.69) is 13.0 Å². The van der Waals surface area contributed by atoms with Gasteiger partial charge in [-0.3, -0.25) is 4.79 Å². The zero-order chi connectivity index (χ0) is 10.1. The second-order valence-corrected chi connectivity index (χ2v) is 3.84. The zero-order valence-electron chi connectivity index (χ0n) is 8.66. The van der Waals surface area contributed by atoms with Gasteiger partial charge in [-0.2, -0.15) is 0 Å². The summed E-state index contributed by atoms with van der Waals surface area (Å²) in [7, 11) is 1.86. The molecule has 0 N–H and O–H groups in total. The Morgan fingerprint density at radius 2 is 2.14 bits per heavy atom. The molecule has 2 rings (SSSR count). The molecule has 2 nitrogen and oxygen atoms in total. The van der Waals surface area contributed by atoms with Crippen LogP contribution in [-0.4, -0.2) is 13.0 Å². The Morgan fingerprint density at radius 1 is 1.43 bits per heavy atom. The molecule has 1 amide bonds. The van der Waals surface area contributed by atoms with Crippen LogP contribution in [0.4, 0.5) is 5.69 Å². The highest BCUT2D eigenvalue weighted by Gasteiger charge is 2.28. The van der Waals surface area contributed by atoms with Crippen LogP contribution in [0.15, 0.2) is 24.3 Å². The molecular formula is C12H15NO. The number of hydrogen-bond donors (Lipinski definition) is 0. The van der Waals surface area contributed by atoms with Crippen LogP contribution < -0.4 is 4.90 Å². The van der Waals surface area contributed by atoms with Crippen molar-refractivity contribution < 1.29 is 4.79 Å². The molecule has 1 heterocycles. The van der Waals surface area contributed by atoms with Gasteiger partial charge in [-0.1, -0.05) is 25.1 Å². The first-order valence-corrected chi connectivity index (χ1v) is 5.09. The summed E-state index contributed by atoms with van der Waals surface area (Å²) in [4.78, 5) is 13.6. The van der Waals surface area contributed by atoms with Crippen molar-refractivity contribution in [2.75, 3.05) is 11.9 Å². The lowest BCUT2D eigenvalue weighted by molar-refractivity contribution is -0.122. The molecule has 1 aromatic carbocycles. The standard InChI is InChI=1S/C12H15NO/c1-3-9-8-10-6-4-5-7-11(10)13(2)12(9)14/h4-7,9H,3,8H2,1-2H3/t9-/m1/s1. The highest BCUT2D eigenvalue weighted by Crippen LogP contribution is 2.30. The predicted octanol–water partition coefficient (Wildman–Crippen LogP) is 2.23. The van der Waals surface area contributed by atoms with Crippen LogP contribution in [0.1, 0.15) is 18.9 Å². The van der Waals surface area contributed by atoms with Crippen LogP contribution in [0.25, 0.3) is 0 Å². The number of carbonyl (C=O) groups is 1. The summed E-state index contributed by atoms with van der Waals surface area (Å²) in [5.74, 6) is 0.432. The number of rotatable bonds is 1. The average Bonchev–Trinajstić information content (AvgIpc) is 2.23. The number of para-hydroxylation sites is 1. The normalized spacial score (nSPS) is 20.9. The van der Waals surface area contributed by atoms with E-state index in [1.165, 1.54) is 5.56 Å². The van der Waals surface area contributed by atoms with Gasteiger partial charge in [0.25, 0.3) is 0 Å². The van der Waals surface area contributed by atoms with Crippen molar-refractivity contribution in [1.29, 1.82) is 0 Å². The summed E-state index contributed by atoms with van der Waals surface area (Å²) in [5, 5.41) is 0. The van der Waals surface area contributed by atoms with Crippen molar-refractivity contribution in [3.63, 3.8) is 0 Å². The lowest BCUT2D eigenvalue weighted by atomic mass is 9.90. The molecule has 2 heteroatoms. The molecule has 14 heavy (non-hydrogen) atoms. The number of anilines is 1. The average molecular weight is 189 g/mol. The minimum atomic E-state index is 0.176. The summed E-state index contributed by atoms with van der Waals surface area (Å²) >= 11 is 0. The Labute approximate surface area is 84.5 Å². The van der Waals surface area contributed by atoms with Crippen molar-refractivity contribution in [3.05, 3.63) is 29.8 Å². The summed E-state index contributed by atoms with van der Waals surface area (Å²) in [6.45, 7) is 2.07. The second kappa shape index (κ2) is 3.45. The fraction of sp³-hybridized carbons (Fsp3) is 0.417. The van der Waals surface area contributed by atoms with E-state index in [1.54, 1.807) is 4.90 Å². The van der Waals surface area contributed by atoms with Crippen molar-refractivity contribution in [1.82, 2.24) is 0 Å². The van der Waals surface area contributed by atoms with Gasteiger partial charge in [0.15, 0.2) is 0 Å². The largest absolute Gasteiger partial charge is 0.315 e.